The maximum absolute atomic E-state index is 5.85. The van der Waals surface area contributed by atoms with Crippen LogP contribution in [-0.4, -0.2) is 59.4 Å². The van der Waals surface area contributed by atoms with Gasteiger partial charge in [0.1, 0.15) is 5.75 Å². The molecule has 0 spiro atoms. The molecule has 0 fully saturated rings. The quantitative estimate of drug-likeness (QED) is 0.260. The molecule has 0 atom stereocenters. The molecule has 0 saturated carbocycles. The first-order chi connectivity index (χ1) is 15.0. The van der Waals surface area contributed by atoms with Crippen LogP contribution in [-0.2, 0) is 17.6 Å². The van der Waals surface area contributed by atoms with Crippen molar-refractivity contribution in [2.45, 2.75) is 33.1 Å². The molecule has 0 unspecified atom stereocenters. The van der Waals surface area contributed by atoms with E-state index in [9.17, 15) is 0 Å². The normalized spacial score (nSPS) is 11.0. The first-order valence-electron chi connectivity index (χ1n) is 10.7. The monoisotopic (exact) mass is 428 g/mol. The topological polar surface area (TPSA) is 52.5 Å². The van der Waals surface area contributed by atoms with Crippen LogP contribution in [0.3, 0.4) is 0 Å². The fourth-order valence-corrected chi connectivity index (χ4v) is 3.20. The van der Waals surface area contributed by atoms with Crippen molar-refractivity contribution in [3.05, 3.63) is 47.0 Å². The van der Waals surface area contributed by atoms with Crippen LogP contribution in [0.1, 0.15) is 30.0 Å². The van der Waals surface area contributed by atoms with E-state index in [0.717, 1.165) is 54.3 Å². The summed E-state index contributed by atoms with van der Waals surface area (Å²) in [7, 11) is 7.01. The van der Waals surface area contributed by atoms with Crippen LogP contribution in [0.2, 0.25) is 0 Å². The van der Waals surface area contributed by atoms with E-state index >= 15 is 0 Å². The molecule has 0 saturated heterocycles. The highest BCUT2D eigenvalue weighted by molar-refractivity contribution is 5.64. The Hall–Kier alpha value is -2.73. The minimum absolute atomic E-state index is 0.671. The molecule has 0 N–H and O–H groups in total. The van der Waals surface area contributed by atoms with Crippen molar-refractivity contribution in [2.75, 3.05) is 48.1 Å². The standard InChI is InChI=1S/C25H36N2O4/c1-7-27(3)18-26-22-17-24(29-5)21(15-19(22)2)9-8-13-31-14-12-20-10-11-23(28-4)25(16-20)30-6/h10-11,15-18H,7-9,12-14H2,1-6H3/b26-18+. The molecule has 2 aromatic rings. The van der Waals surface area contributed by atoms with Crippen molar-refractivity contribution in [3.63, 3.8) is 0 Å². The minimum atomic E-state index is 0.671. The van der Waals surface area contributed by atoms with Crippen molar-refractivity contribution >= 4 is 12.0 Å². The predicted octanol–water partition coefficient (Wildman–Crippen LogP) is 4.82. The van der Waals surface area contributed by atoms with E-state index in [1.165, 1.54) is 11.1 Å². The zero-order chi connectivity index (χ0) is 22.6. The van der Waals surface area contributed by atoms with Crippen LogP contribution < -0.4 is 14.2 Å². The molecule has 0 aliphatic carbocycles. The maximum atomic E-state index is 5.85. The van der Waals surface area contributed by atoms with Crippen LogP contribution in [0, 0.1) is 6.92 Å². The van der Waals surface area contributed by atoms with Gasteiger partial charge in [0, 0.05) is 26.3 Å². The molecule has 6 nitrogen and oxygen atoms in total. The Kier molecular flexibility index (Phi) is 10.2. The molecule has 0 heterocycles. The average molecular weight is 429 g/mol. The second-order valence-corrected chi connectivity index (χ2v) is 7.42. The first-order valence-corrected chi connectivity index (χ1v) is 10.7. The van der Waals surface area contributed by atoms with Crippen LogP contribution in [0.15, 0.2) is 35.3 Å². The predicted molar refractivity (Wildman–Crippen MR) is 127 cm³/mol. The maximum Gasteiger partial charge on any atom is 0.160 e. The lowest BCUT2D eigenvalue weighted by molar-refractivity contribution is 0.135. The second kappa shape index (κ2) is 12.8. The summed E-state index contributed by atoms with van der Waals surface area (Å²) in [5, 5.41) is 0. The Balaban J connectivity index is 1.83. The fourth-order valence-electron chi connectivity index (χ4n) is 3.20. The summed E-state index contributed by atoms with van der Waals surface area (Å²) in [6, 6.07) is 10.2. The van der Waals surface area contributed by atoms with Crippen molar-refractivity contribution in [3.8, 4) is 17.2 Å². The van der Waals surface area contributed by atoms with E-state index in [2.05, 4.69) is 24.9 Å². The van der Waals surface area contributed by atoms with Crippen LogP contribution in [0.5, 0.6) is 17.2 Å². The van der Waals surface area contributed by atoms with Gasteiger partial charge in [0.25, 0.3) is 0 Å². The second-order valence-electron chi connectivity index (χ2n) is 7.42. The van der Waals surface area contributed by atoms with Gasteiger partial charge in [-0.1, -0.05) is 12.1 Å². The fraction of sp³-hybridized carbons (Fsp3) is 0.480. The van der Waals surface area contributed by atoms with Crippen molar-refractivity contribution in [1.82, 2.24) is 4.90 Å². The van der Waals surface area contributed by atoms with E-state index < -0.39 is 0 Å². The SMILES string of the molecule is CCN(C)/C=N/c1cc(OC)c(CCCOCCc2ccc(OC)c(OC)c2)cc1C. The molecule has 0 bridgehead atoms. The smallest absolute Gasteiger partial charge is 0.160 e. The number of benzene rings is 2. The van der Waals surface area contributed by atoms with Crippen molar-refractivity contribution in [2.24, 2.45) is 4.99 Å². The summed E-state index contributed by atoms with van der Waals surface area (Å²) < 4.78 is 22.1. The molecule has 6 heteroatoms. The lowest BCUT2D eigenvalue weighted by Gasteiger charge is -2.13. The molecule has 2 aromatic carbocycles. The highest BCUT2D eigenvalue weighted by atomic mass is 16.5. The number of methoxy groups -OCH3 is 3. The Morgan fingerprint density at radius 2 is 1.65 bits per heavy atom. The number of aliphatic imine (C=N–C) groups is 1. The van der Waals surface area contributed by atoms with Gasteiger partial charge >= 0.3 is 0 Å². The third-order valence-electron chi connectivity index (χ3n) is 5.21. The molecular formula is C25H36N2O4. The Labute approximate surface area is 186 Å². The largest absolute Gasteiger partial charge is 0.496 e. The summed E-state index contributed by atoms with van der Waals surface area (Å²) in [6.45, 7) is 6.48. The van der Waals surface area contributed by atoms with E-state index in [1.54, 1.807) is 21.3 Å². The number of ether oxygens (including phenoxy) is 4. The molecule has 0 radical (unpaired) electrons. The Bertz CT molecular complexity index is 852. The Morgan fingerprint density at radius 1 is 0.903 bits per heavy atom. The number of rotatable bonds is 13. The van der Waals surface area contributed by atoms with Gasteiger partial charge in [-0.15, -0.1) is 0 Å². The van der Waals surface area contributed by atoms with Gasteiger partial charge in [0.2, 0.25) is 0 Å². The summed E-state index contributed by atoms with van der Waals surface area (Å²) >= 11 is 0. The average Bonchev–Trinajstić information content (AvgIpc) is 2.80. The van der Waals surface area contributed by atoms with Crippen LogP contribution in [0.4, 0.5) is 5.69 Å². The number of hydrogen-bond donors (Lipinski definition) is 0. The van der Waals surface area contributed by atoms with Crippen molar-refractivity contribution < 1.29 is 18.9 Å². The van der Waals surface area contributed by atoms with Crippen LogP contribution >= 0.6 is 0 Å². The van der Waals surface area contributed by atoms with Gasteiger partial charge in [-0.25, -0.2) is 4.99 Å². The molecule has 0 aromatic heterocycles. The molecule has 0 aliphatic rings. The molecule has 0 amide bonds. The van der Waals surface area contributed by atoms with E-state index in [4.69, 9.17) is 18.9 Å². The molecular weight excluding hydrogens is 392 g/mol. The molecule has 170 valence electrons. The van der Waals surface area contributed by atoms with Crippen molar-refractivity contribution in [1.29, 1.82) is 0 Å². The first kappa shape index (κ1) is 24.5. The third-order valence-corrected chi connectivity index (χ3v) is 5.21. The summed E-state index contributed by atoms with van der Waals surface area (Å²) in [5.74, 6) is 2.37. The van der Waals surface area contributed by atoms with Gasteiger partial charge in [-0.3, -0.25) is 0 Å². The summed E-state index contributed by atoms with van der Waals surface area (Å²) in [5.41, 5.74) is 4.43. The lowest BCUT2D eigenvalue weighted by atomic mass is 10.0. The number of hydrogen-bond acceptors (Lipinski definition) is 5. The minimum Gasteiger partial charge on any atom is -0.496 e. The van der Waals surface area contributed by atoms with Crippen LogP contribution in [0.25, 0.3) is 0 Å². The molecule has 0 aliphatic heterocycles. The van der Waals surface area contributed by atoms with E-state index in [-0.39, 0.29) is 0 Å². The van der Waals surface area contributed by atoms with E-state index in [1.807, 2.05) is 42.6 Å². The third kappa shape index (κ3) is 7.47. The highest BCUT2D eigenvalue weighted by Crippen LogP contribution is 2.30. The Morgan fingerprint density at radius 3 is 2.32 bits per heavy atom. The van der Waals surface area contributed by atoms with Gasteiger partial charge in [0.15, 0.2) is 11.5 Å². The summed E-state index contributed by atoms with van der Waals surface area (Å²) in [6.07, 6.45) is 4.53. The van der Waals surface area contributed by atoms with E-state index in [0.29, 0.717) is 13.2 Å². The van der Waals surface area contributed by atoms with Gasteiger partial charge < -0.3 is 23.8 Å². The van der Waals surface area contributed by atoms with Gasteiger partial charge in [-0.2, -0.15) is 0 Å². The zero-order valence-corrected chi connectivity index (χ0v) is 19.7. The lowest BCUT2D eigenvalue weighted by Crippen LogP contribution is -2.14. The van der Waals surface area contributed by atoms with Gasteiger partial charge in [-0.05, 0) is 61.9 Å². The molecule has 2 rings (SSSR count). The zero-order valence-electron chi connectivity index (χ0n) is 19.7. The van der Waals surface area contributed by atoms with Gasteiger partial charge in [0.05, 0.1) is 40.0 Å². The highest BCUT2D eigenvalue weighted by Gasteiger charge is 2.08. The number of aryl methyl sites for hydroxylation is 2. The number of nitrogens with zero attached hydrogens (tertiary/aromatic N) is 2. The molecule has 31 heavy (non-hydrogen) atoms. The summed E-state index contributed by atoms with van der Waals surface area (Å²) in [4.78, 5) is 6.62.